The predicted octanol–water partition coefficient (Wildman–Crippen LogP) is 5.15. The topological polar surface area (TPSA) is 65.4 Å². The number of carbonyl (C=O) groups is 1. The van der Waals surface area contributed by atoms with Crippen LogP contribution in [0.2, 0.25) is 5.02 Å². The molecule has 1 saturated heterocycles. The van der Waals surface area contributed by atoms with E-state index in [0.29, 0.717) is 18.2 Å². The number of hydrogen-bond donors (Lipinski definition) is 1. The van der Waals surface area contributed by atoms with Crippen molar-refractivity contribution >= 4 is 23.6 Å². The molecule has 166 valence electrons. The van der Waals surface area contributed by atoms with E-state index in [9.17, 15) is 4.79 Å². The third-order valence-corrected chi connectivity index (χ3v) is 5.63. The molecule has 0 aliphatic carbocycles. The molecule has 4 rings (SSSR count). The van der Waals surface area contributed by atoms with Crippen molar-refractivity contribution in [2.75, 3.05) is 6.61 Å². The molecule has 32 heavy (non-hydrogen) atoms. The van der Waals surface area contributed by atoms with E-state index < -0.39 is 0 Å². The Hall–Kier alpha value is -2.93. The van der Waals surface area contributed by atoms with Gasteiger partial charge >= 0.3 is 0 Å². The van der Waals surface area contributed by atoms with Gasteiger partial charge in [-0.15, -0.1) is 0 Å². The second-order valence-electron chi connectivity index (χ2n) is 7.77. The maximum atomic E-state index is 12.0. The highest BCUT2D eigenvalue weighted by Crippen LogP contribution is 2.24. The van der Waals surface area contributed by atoms with Crippen LogP contribution in [0.25, 0.3) is 17.3 Å². The summed E-state index contributed by atoms with van der Waals surface area (Å²) in [4.78, 5) is 21.9. The number of benzene rings is 2. The average Bonchev–Trinajstić information content (AvgIpc) is 3.17. The lowest BCUT2D eigenvalue weighted by atomic mass is 10.1. The third kappa shape index (κ3) is 5.85. The number of nitrogens with one attached hydrogen (secondary N) is 1. The number of ether oxygens (including phenoxy) is 1. The largest absolute Gasteiger partial charge is 0.350 e. The molecule has 0 saturated carbocycles. The predicted molar refractivity (Wildman–Crippen MR) is 125 cm³/mol. The lowest BCUT2D eigenvalue weighted by Crippen LogP contribution is -2.32. The molecule has 0 bridgehead atoms. The first kappa shape index (κ1) is 22.3. The standard InChI is InChI=1S/C25H26ClN3O3/c1-18-25(21-9-11-22(26)12-10-21)27-17-29(18)16-20-6-4-5-19(15-20)8-13-23(30)28-32-24-7-2-3-14-31-24/h4-6,8-13,15,17,24H,2-3,7,14,16H2,1H3,(H,28,30). The molecule has 3 aromatic rings. The van der Waals surface area contributed by atoms with Crippen LogP contribution in [0.1, 0.15) is 36.1 Å². The fourth-order valence-electron chi connectivity index (χ4n) is 3.62. The van der Waals surface area contributed by atoms with Crippen molar-refractivity contribution in [3.05, 3.63) is 82.8 Å². The summed E-state index contributed by atoms with van der Waals surface area (Å²) in [5.41, 5.74) is 7.54. The monoisotopic (exact) mass is 451 g/mol. The first-order valence-electron chi connectivity index (χ1n) is 10.7. The van der Waals surface area contributed by atoms with Crippen molar-refractivity contribution in [2.24, 2.45) is 0 Å². The zero-order valence-corrected chi connectivity index (χ0v) is 18.7. The SMILES string of the molecule is Cc1c(-c2ccc(Cl)cc2)ncn1Cc1cccc(C=CC(=O)NOC2CCCCO2)c1. The van der Waals surface area contributed by atoms with Crippen LogP contribution in [-0.2, 0) is 20.9 Å². The molecular formula is C25H26ClN3O3. The van der Waals surface area contributed by atoms with Crippen LogP contribution in [-0.4, -0.2) is 28.4 Å². The van der Waals surface area contributed by atoms with E-state index in [2.05, 4.69) is 34.1 Å². The Kier molecular flexibility index (Phi) is 7.37. The first-order valence-corrected chi connectivity index (χ1v) is 11.1. The molecule has 1 atom stereocenters. The van der Waals surface area contributed by atoms with Crippen molar-refractivity contribution in [3.63, 3.8) is 0 Å². The maximum Gasteiger partial charge on any atom is 0.267 e. The van der Waals surface area contributed by atoms with Crippen LogP contribution in [0.5, 0.6) is 0 Å². The van der Waals surface area contributed by atoms with Crippen molar-refractivity contribution in [2.45, 2.75) is 39.0 Å². The molecule has 1 aromatic heterocycles. The summed E-state index contributed by atoms with van der Waals surface area (Å²) in [5, 5.41) is 0.707. The second kappa shape index (κ2) is 10.6. The van der Waals surface area contributed by atoms with Gasteiger partial charge in [-0.1, -0.05) is 41.9 Å². The molecule has 1 unspecified atom stereocenters. The van der Waals surface area contributed by atoms with Gasteiger partial charge in [0.25, 0.3) is 5.91 Å². The van der Waals surface area contributed by atoms with E-state index in [-0.39, 0.29) is 12.2 Å². The number of aromatic nitrogens is 2. The quantitative estimate of drug-likeness (QED) is 0.398. The summed E-state index contributed by atoms with van der Waals surface area (Å²) >= 11 is 6.00. The van der Waals surface area contributed by atoms with Crippen LogP contribution in [0.3, 0.4) is 0 Å². The summed E-state index contributed by atoms with van der Waals surface area (Å²) in [6, 6.07) is 15.7. The highest BCUT2D eigenvalue weighted by atomic mass is 35.5. The van der Waals surface area contributed by atoms with E-state index in [1.165, 1.54) is 6.08 Å². The van der Waals surface area contributed by atoms with Gasteiger partial charge in [0.2, 0.25) is 0 Å². The number of carbonyl (C=O) groups excluding carboxylic acids is 1. The minimum atomic E-state index is -0.361. The minimum absolute atomic E-state index is 0.317. The van der Waals surface area contributed by atoms with E-state index >= 15 is 0 Å². The van der Waals surface area contributed by atoms with Crippen LogP contribution >= 0.6 is 11.6 Å². The summed E-state index contributed by atoms with van der Waals surface area (Å²) in [5.74, 6) is -0.317. The van der Waals surface area contributed by atoms with Crippen molar-refractivity contribution in [3.8, 4) is 11.3 Å². The Morgan fingerprint density at radius 2 is 2.12 bits per heavy atom. The van der Waals surface area contributed by atoms with Gasteiger partial charge < -0.3 is 9.30 Å². The Morgan fingerprint density at radius 1 is 1.28 bits per heavy atom. The third-order valence-electron chi connectivity index (χ3n) is 5.38. The molecule has 1 fully saturated rings. The first-order chi connectivity index (χ1) is 15.6. The van der Waals surface area contributed by atoms with E-state index in [4.69, 9.17) is 21.2 Å². The van der Waals surface area contributed by atoms with Gasteiger partial charge in [0.1, 0.15) is 0 Å². The molecule has 1 amide bonds. The maximum absolute atomic E-state index is 12.0. The fraction of sp³-hybridized carbons (Fsp3) is 0.280. The van der Waals surface area contributed by atoms with Crippen molar-refractivity contribution in [1.82, 2.24) is 15.0 Å². The molecule has 1 aliphatic heterocycles. The Bertz CT molecular complexity index is 1090. The van der Waals surface area contributed by atoms with Crippen LogP contribution in [0.4, 0.5) is 0 Å². The molecule has 2 heterocycles. The van der Waals surface area contributed by atoms with Gasteiger partial charge in [-0.05, 0) is 55.2 Å². The molecule has 7 heteroatoms. The minimum Gasteiger partial charge on any atom is -0.350 e. The Morgan fingerprint density at radius 3 is 2.91 bits per heavy atom. The second-order valence-corrected chi connectivity index (χ2v) is 8.21. The number of hydrogen-bond acceptors (Lipinski definition) is 4. The molecule has 6 nitrogen and oxygen atoms in total. The Balaban J connectivity index is 1.37. The molecule has 1 N–H and O–H groups in total. The van der Waals surface area contributed by atoms with Crippen LogP contribution in [0.15, 0.2) is 60.9 Å². The van der Waals surface area contributed by atoms with Crippen LogP contribution < -0.4 is 5.48 Å². The number of amides is 1. The zero-order valence-electron chi connectivity index (χ0n) is 18.0. The van der Waals surface area contributed by atoms with Gasteiger partial charge in [0.05, 0.1) is 12.0 Å². The summed E-state index contributed by atoms with van der Waals surface area (Å²) in [6.45, 7) is 3.41. The molecule has 2 aromatic carbocycles. The number of hydroxylamine groups is 1. The molecular weight excluding hydrogens is 426 g/mol. The fourth-order valence-corrected chi connectivity index (χ4v) is 3.75. The van der Waals surface area contributed by atoms with Crippen LogP contribution in [0, 0.1) is 6.92 Å². The highest BCUT2D eigenvalue weighted by molar-refractivity contribution is 6.30. The number of rotatable bonds is 7. The van der Waals surface area contributed by atoms with Crippen molar-refractivity contribution in [1.29, 1.82) is 0 Å². The number of nitrogens with zero attached hydrogens (tertiary/aromatic N) is 2. The molecule has 0 spiro atoms. The van der Waals surface area contributed by atoms with E-state index in [1.54, 1.807) is 6.08 Å². The average molecular weight is 452 g/mol. The van der Waals surface area contributed by atoms with Gasteiger partial charge in [-0.25, -0.2) is 15.3 Å². The smallest absolute Gasteiger partial charge is 0.267 e. The lowest BCUT2D eigenvalue weighted by Gasteiger charge is -2.21. The number of halogens is 1. The Labute approximate surface area is 192 Å². The molecule has 0 radical (unpaired) electrons. The summed E-state index contributed by atoms with van der Waals surface area (Å²) in [7, 11) is 0. The van der Waals surface area contributed by atoms with Gasteiger partial charge in [-0.3, -0.25) is 4.79 Å². The van der Waals surface area contributed by atoms with Gasteiger partial charge in [0.15, 0.2) is 6.29 Å². The van der Waals surface area contributed by atoms with Gasteiger partial charge in [-0.2, -0.15) is 0 Å². The summed E-state index contributed by atoms with van der Waals surface area (Å²) < 4.78 is 7.54. The van der Waals surface area contributed by atoms with Crippen molar-refractivity contribution < 1.29 is 14.4 Å². The van der Waals surface area contributed by atoms with E-state index in [1.807, 2.05) is 42.7 Å². The lowest BCUT2D eigenvalue weighted by molar-refractivity contribution is -0.198. The number of imidazole rings is 1. The van der Waals surface area contributed by atoms with E-state index in [0.717, 1.165) is 47.3 Å². The van der Waals surface area contributed by atoms with Gasteiger partial charge in [0, 0.05) is 41.9 Å². The molecule has 1 aliphatic rings. The highest BCUT2D eigenvalue weighted by Gasteiger charge is 2.15. The zero-order chi connectivity index (χ0) is 22.3. The normalized spacial score (nSPS) is 16.4. The summed E-state index contributed by atoms with van der Waals surface area (Å²) in [6.07, 6.45) is 7.58.